The fraction of sp³-hybridized carbons (Fsp3) is 0.118. The molecule has 0 saturated heterocycles. The summed E-state index contributed by atoms with van der Waals surface area (Å²) in [6, 6.07) is 11.9. The van der Waals surface area contributed by atoms with Crippen molar-refractivity contribution < 1.29 is 9.47 Å². The van der Waals surface area contributed by atoms with Crippen molar-refractivity contribution in [3.05, 3.63) is 53.9 Å². The number of aromatic amines is 1. The van der Waals surface area contributed by atoms with Crippen LogP contribution in [-0.2, 0) is 0 Å². The van der Waals surface area contributed by atoms with Crippen LogP contribution in [0.1, 0.15) is 11.1 Å². The summed E-state index contributed by atoms with van der Waals surface area (Å²) in [5.41, 5.74) is 4.13. The Hall–Kier alpha value is -2.75. The molecule has 1 N–H and O–H groups in total. The van der Waals surface area contributed by atoms with Crippen LogP contribution in [0.4, 0.5) is 0 Å². The SMILES string of the molecule is COc1cc(/C=C\c2ccc3nc[nH]c3c2)cc(OC)c1. The van der Waals surface area contributed by atoms with E-state index >= 15 is 0 Å². The van der Waals surface area contributed by atoms with E-state index in [2.05, 4.69) is 22.1 Å². The molecular formula is C17H16N2O2. The van der Waals surface area contributed by atoms with E-state index in [0.717, 1.165) is 33.7 Å². The summed E-state index contributed by atoms with van der Waals surface area (Å²) in [5, 5.41) is 0. The zero-order valence-electron chi connectivity index (χ0n) is 12.0. The molecule has 0 spiro atoms. The fourth-order valence-corrected chi connectivity index (χ4v) is 2.17. The highest BCUT2D eigenvalue weighted by atomic mass is 16.5. The predicted molar refractivity (Wildman–Crippen MR) is 84.6 cm³/mol. The summed E-state index contributed by atoms with van der Waals surface area (Å²) in [6.07, 6.45) is 5.78. The van der Waals surface area contributed by atoms with Crippen LogP contribution >= 0.6 is 0 Å². The number of imidazole rings is 1. The molecule has 0 amide bonds. The third kappa shape index (κ3) is 2.89. The van der Waals surface area contributed by atoms with Gasteiger partial charge in [0.1, 0.15) is 11.5 Å². The second kappa shape index (κ2) is 5.71. The highest BCUT2D eigenvalue weighted by Gasteiger charge is 2.00. The number of fused-ring (bicyclic) bond motifs is 1. The molecule has 3 rings (SSSR count). The van der Waals surface area contributed by atoms with Gasteiger partial charge in [-0.2, -0.15) is 0 Å². The van der Waals surface area contributed by atoms with Crippen molar-refractivity contribution in [1.82, 2.24) is 9.97 Å². The standard InChI is InChI=1S/C17H16N2O2/c1-20-14-7-13(8-15(10-14)21-2)4-3-12-5-6-16-17(9-12)19-11-18-16/h3-11H,1-2H3,(H,18,19)/b4-3-. The first kappa shape index (κ1) is 13.2. The van der Waals surface area contributed by atoms with E-state index in [1.54, 1.807) is 20.5 Å². The lowest BCUT2D eigenvalue weighted by Crippen LogP contribution is -1.88. The first-order chi connectivity index (χ1) is 10.3. The summed E-state index contributed by atoms with van der Waals surface area (Å²) in [6.45, 7) is 0. The zero-order valence-corrected chi connectivity index (χ0v) is 12.0. The molecule has 0 aliphatic heterocycles. The number of ether oxygens (including phenoxy) is 2. The Labute approximate surface area is 123 Å². The molecule has 2 aromatic carbocycles. The minimum absolute atomic E-state index is 0.776. The minimum atomic E-state index is 0.776. The quantitative estimate of drug-likeness (QED) is 0.740. The van der Waals surface area contributed by atoms with E-state index < -0.39 is 0 Å². The molecule has 1 aromatic heterocycles. The molecule has 0 atom stereocenters. The van der Waals surface area contributed by atoms with Crippen LogP contribution in [0.5, 0.6) is 11.5 Å². The fourth-order valence-electron chi connectivity index (χ4n) is 2.17. The lowest BCUT2D eigenvalue weighted by atomic mass is 10.1. The molecule has 0 aliphatic carbocycles. The Balaban J connectivity index is 1.90. The van der Waals surface area contributed by atoms with Crippen molar-refractivity contribution >= 4 is 23.2 Å². The van der Waals surface area contributed by atoms with Gasteiger partial charge in [-0.1, -0.05) is 18.2 Å². The van der Waals surface area contributed by atoms with Gasteiger partial charge >= 0.3 is 0 Å². The summed E-state index contributed by atoms with van der Waals surface area (Å²) in [5.74, 6) is 1.55. The largest absolute Gasteiger partial charge is 0.497 e. The van der Waals surface area contributed by atoms with Crippen molar-refractivity contribution in [2.45, 2.75) is 0 Å². The van der Waals surface area contributed by atoms with E-state index in [1.165, 1.54) is 0 Å². The van der Waals surface area contributed by atoms with Crippen molar-refractivity contribution in [2.24, 2.45) is 0 Å². The van der Waals surface area contributed by atoms with E-state index in [1.807, 2.05) is 36.4 Å². The summed E-state index contributed by atoms with van der Waals surface area (Å²) in [4.78, 5) is 7.32. The molecule has 0 aliphatic rings. The third-order valence-electron chi connectivity index (χ3n) is 3.29. The first-order valence-electron chi connectivity index (χ1n) is 6.63. The normalized spacial score (nSPS) is 11.1. The number of methoxy groups -OCH3 is 2. The van der Waals surface area contributed by atoms with Crippen LogP contribution in [0.3, 0.4) is 0 Å². The van der Waals surface area contributed by atoms with Gasteiger partial charge in [0.25, 0.3) is 0 Å². The number of rotatable bonds is 4. The molecule has 106 valence electrons. The topological polar surface area (TPSA) is 47.1 Å². The number of nitrogens with one attached hydrogen (secondary N) is 1. The lowest BCUT2D eigenvalue weighted by Gasteiger charge is -2.05. The molecule has 0 saturated carbocycles. The third-order valence-corrected chi connectivity index (χ3v) is 3.29. The zero-order chi connectivity index (χ0) is 14.7. The molecule has 0 unspecified atom stereocenters. The van der Waals surface area contributed by atoms with Gasteiger partial charge in [0.15, 0.2) is 0 Å². The van der Waals surface area contributed by atoms with Crippen LogP contribution in [0, 0.1) is 0 Å². The van der Waals surface area contributed by atoms with Crippen molar-refractivity contribution in [3.63, 3.8) is 0 Å². The highest BCUT2D eigenvalue weighted by molar-refractivity contribution is 5.80. The Morgan fingerprint density at radius 2 is 1.62 bits per heavy atom. The number of H-pyrrole nitrogens is 1. The number of nitrogens with zero attached hydrogens (tertiary/aromatic N) is 1. The van der Waals surface area contributed by atoms with Crippen LogP contribution in [0.15, 0.2) is 42.7 Å². The van der Waals surface area contributed by atoms with Crippen LogP contribution < -0.4 is 9.47 Å². The maximum atomic E-state index is 5.27. The van der Waals surface area contributed by atoms with Crippen LogP contribution in [0.25, 0.3) is 23.2 Å². The van der Waals surface area contributed by atoms with E-state index in [-0.39, 0.29) is 0 Å². The van der Waals surface area contributed by atoms with Gasteiger partial charge in [-0.25, -0.2) is 4.98 Å². The summed E-state index contributed by atoms with van der Waals surface area (Å²) in [7, 11) is 3.29. The maximum Gasteiger partial charge on any atom is 0.123 e. The minimum Gasteiger partial charge on any atom is -0.497 e. The Kier molecular flexibility index (Phi) is 3.60. The van der Waals surface area contributed by atoms with Crippen LogP contribution in [0.2, 0.25) is 0 Å². The van der Waals surface area contributed by atoms with Gasteiger partial charge in [-0.05, 0) is 35.4 Å². The Morgan fingerprint density at radius 3 is 2.33 bits per heavy atom. The average Bonchev–Trinajstić information content (AvgIpc) is 3.00. The molecule has 0 radical (unpaired) electrons. The number of aromatic nitrogens is 2. The highest BCUT2D eigenvalue weighted by Crippen LogP contribution is 2.24. The van der Waals surface area contributed by atoms with Crippen LogP contribution in [-0.4, -0.2) is 24.2 Å². The molecule has 1 heterocycles. The van der Waals surface area contributed by atoms with Gasteiger partial charge in [0.2, 0.25) is 0 Å². The molecule has 0 fully saturated rings. The summed E-state index contributed by atoms with van der Waals surface area (Å²) >= 11 is 0. The van der Waals surface area contributed by atoms with E-state index in [0.29, 0.717) is 0 Å². The monoisotopic (exact) mass is 280 g/mol. The molecular weight excluding hydrogens is 264 g/mol. The molecule has 21 heavy (non-hydrogen) atoms. The first-order valence-corrected chi connectivity index (χ1v) is 6.63. The number of hydrogen-bond donors (Lipinski definition) is 1. The van der Waals surface area contributed by atoms with Crippen molar-refractivity contribution in [1.29, 1.82) is 0 Å². The lowest BCUT2D eigenvalue weighted by molar-refractivity contribution is 0.394. The Bertz CT molecular complexity index is 768. The molecule has 3 aromatic rings. The van der Waals surface area contributed by atoms with Gasteiger partial charge in [-0.15, -0.1) is 0 Å². The molecule has 0 bridgehead atoms. The van der Waals surface area contributed by atoms with Gasteiger partial charge in [0.05, 0.1) is 31.6 Å². The second-order valence-electron chi connectivity index (χ2n) is 4.66. The second-order valence-corrected chi connectivity index (χ2v) is 4.66. The molecule has 4 nitrogen and oxygen atoms in total. The average molecular weight is 280 g/mol. The van der Waals surface area contributed by atoms with E-state index in [4.69, 9.17) is 9.47 Å². The van der Waals surface area contributed by atoms with Gasteiger partial charge < -0.3 is 14.5 Å². The Morgan fingerprint density at radius 1 is 0.905 bits per heavy atom. The smallest absolute Gasteiger partial charge is 0.123 e. The van der Waals surface area contributed by atoms with Crippen molar-refractivity contribution in [2.75, 3.05) is 14.2 Å². The van der Waals surface area contributed by atoms with Gasteiger partial charge in [0, 0.05) is 6.07 Å². The summed E-state index contributed by atoms with van der Waals surface area (Å²) < 4.78 is 10.5. The maximum absolute atomic E-state index is 5.27. The van der Waals surface area contributed by atoms with Gasteiger partial charge in [-0.3, -0.25) is 0 Å². The predicted octanol–water partition coefficient (Wildman–Crippen LogP) is 3.75. The molecule has 4 heteroatoms. The van der Waals surface area contributed by atoms with Crippen molar-refractivity contribution in [3.8, 4) is 11.5 Å². The van der Waals surface area contributed by atoms with E-state index in [9.17, 15) is 0 Å². The number of benzene rings is 2. The number of hydrogen-bond acceptors (Lipinski definition) is 3.